The summed E-state index contributed by atoms with van der Waals surface area (Å²) in [4.78, 5) is 36.3. The number of rotatable bonds is 8. The van der Waals surface area contributed by atoms with Gasteiger partial charge in [0.15, 0.2) is 6.61 Å². The number of nitrogens with one attached hydrogen (secondary N) is 2. The molecule has 0 bridgehead atoms. The Morgan fingerprint density at radius 3 is 2.66 bits per heavy atom. The molecule has 2 amide bonds. The Bertz CT molecular complexity index is 936. The lowest BCUT2D eigenvalue weighted by molar-refractivity contribution is -0.384. The molecule has 152 valence electrons. The van der Waals surface area contributed by atoms with E-state index in [1.807, 2.05) is 0 Å². The van der Waals surface area contributed by atoms with Crippen molar-refractivity contribution in [2.24, 2.45) is 0 Å². The highest BCUT2D eigenvalue weighted by Gasteiger charge is 2.26. The minimum Gasteiger partial charge on any atom is -0.484 e. The summed E-state index contributed by atoms with van der Waals surface area (Å²) < 4.78 is 5.40. The van der Waals surface area contributed by atoms with Crippen molar-refractivity contribution in [3.8, 4) is 5.75 Å². The number of thiophene rings is 1. The van der Waals surface area contributed by atoms with Crippen LogP contribution in [0.15, 0.2) is 36.9 Å². The molecular formula is C20H21N3O5S. The van der Waals surface area contributed by atoms with Crippen molar-refractivity contribution in [1.82, 2.24) is 5.32 Å². The first-order valence-electron chi connectivity index (χ1n) is 9.20. The maximum Gasteiger partial charge on any atom is 0.269 e. The third-order valence-corrected chi connectivity index (χ3v) is 5.68. The molecule has 2 aromatic rings. The molecule has 9 heteroatoms. The molecule has 1 aliphatic rings. The zero-order valence-corrected chi connectivity index (χ0v) is 16.5. The second kappa shape index (κ2) is 9.33. The molecule has 3 rings (SSSR count). The van der Waals surface area contributed by atoms with Gasteiger partial charge in [0.1, 0.15) is 10.8 Å². The van der Waals surface area contributed by atoms with Crippen LogP contribution in [0, 0.1) is 10.1 Å². The van der Waals surface area contributed by atoms with E-state index >= 15 is 0 Å². The van der Waals surface area contributed by atoms with E-state index in [9.17, 15) is 19.7 Å². The Balaban J connectivity index is 1.69. The molecule has 0 fully saturated rings. The second-order valence-electron chi connectivity index (χ2n) is 6.50. The average molecular weight is 415 g/mol. The number of carbonyl (C=O) groups excluding carboxylic acids is 2. The number of aryl methyl sites for hydroxylation is 1. The van der Waals surface area contributed by atoms with Gasteiger partial charge in [-0.15, -0.1) is 17.9 Å². The highest BCUT2D eigenvalue weighted by Crippen LogP contribution is 2.38. The summed E-state index contributed by atoms with van der Waals surface area (Å²) in [5, 5.41) is 16.8. The smallest absolute Gasteiger partial charge is 0.269 e. The first kappa shape index (κ1) is 20.5. The fourth-order valence-corrected chi connectivity index (χ4v) is 4.43. The van der Waals surface area contributed by atoms with Crippen LogP contribution < -0.4 is 15.4 Å². The van der Waals surface area contributed by atoms with Crippen molar-refractivity contribution in [1.29, 1.82) is 0 Å². The third-order valence-electron chi connectivity index (χ3n) is 4.48. The van der Waals surface area contributed by atoms with Crippen LogP contribution in [0.4, 0.5) is 10.7 Å². The maximum atomic E-state index is 12.6. The van der Waals surface area contributed by atoms with Gasteiger partial charge in [0, 0.05) is 23.6 Å². The van der Waals surface area contributed by atoms with E-state index < -0.39 is 10.8 Å². The van der Waals surface area contributed by atoms with E-state index in [0.717, 1.165) is 36.1 Å². The lowest BCUT2D eigenvalue weighted by Crippen LogP contribution is -2.26. The van der Waals surface area contributed by atoms with Crippen molar-refractivity contribution in [3.05, 3.63) is 63.0 Å². The predicted octanol–water partition coefficient (Wildman–Crippen LogP) is 3.47. The van der Waals surface area contributed by atoms with Gasteiger partial charge in [0.2, 0.25) is 0 Å². The number of ether oxygens (including phenoxy) is 1. The summed E-state index contributed by atoms with van der Waals surface area (Å²) >= 11 is 1.43. The van der Waals surface area contributed by atoms with Crippen LogP contribution in [0.2, 0.25) is 0 Å². The molecule has 0 unspecified atom stereocenters. The molecule has 0 aliphatic heterocycles. The summed E-state index contributed by atoms with van der Waals surface area (Å²) in [6.45, 7) is 3.68. The van der Waals surface area contributed by atoms with E-state index in [2.05, 4.69) is 17.2 Å². The first-order chi connectivity index (χ1) is 14.0. The van der Waals surface area contributed by atoms with Crippen molar-refractivity contribution >= 4 is 33.8 Å². The molecule has 0 radical (unpaired) electrons. The summed E-state index contributed by atoms with van der Waals surface area (Å²) in [5.41, 5.74) is 1.48. The van der Waals surface area contributed by atoms with E-state index in [4.69, 9.17) is 4.74 Å². The minimum atomic E-state index is -0.506. The first-order valence-corrected chi connectivity index (χ1v) is 10.0. The Hall–Kier alpha value is -3.20. The Morgan fingerprint density at radius 1 is 1.24 bits per heavy atom. The molecule has 1 aromatic heterocycles. The summed E-state index contributed by atoms with van der Waals surface area (Å²) in [6, 6.07) is 5.48. The number of benzene rings is 1. The minimum absolute atomic E-state index is 0.0545. The Kier molecular flexibility index (Phi) is 6.61. The van der Waals surface area contributed by atoms with E-state index in [0.29, 0.717) is 22.9 Å². The number of carbonyl (C=O) groups is 2. The van der Waals surface area contributed by atoms with Gasteiger partial charge in [0.25, 0.3) is 17.5 Å². The molecule has 29 heavy (non-hydrogen) atoms. The van der Waals surface area contributed by atoms with Gasteiger partial charge in [-0.25, -0.2) is 0 Å². The molecule has 1 heterocycles. The monoisotopic (exact) mass is 415 g/mol. The maximum absolute atomic E-state index is 12.6. The summed E-state index contributed by atoms with van der Waals surface area (Å²) in [7, 11) is 0. The topological polar surface area (TPSA) is 111 Å². The van der Waals surface area contributed by atoms with Gasteiger partial charge >= 0.3 is 0 Å². The number of anilines is 1. The zero-order chi connectivity index (χ0) is 20.8. The van der Waals surface area contributed by atoms with Crippen molar-refractivity contribution in [3.63, 3.8) is 0 Å². The highest BCUT2D eigenvalue weighted by atomic mass is 32.1. The van der Waals surface area contributed by atoms with Crippen LogP contribution in [-0.4, -0.2) is 29.9 Å². The number of amides is 2. The number of hydrogen-bond acceptors (Lipinski definition) is 6. The fourth-order valence-electron chi connectivity index (χ4n) is 3.12. The highest BCUT2D eigenvalue weighted by molar-refractivity contribution is 7.17. The van der Waals surface area contributed by atoms with Gasteiger partial charge in [-0.1, -0.05) is 6.08 Å². The second-order valence-corrected chi connectivity index (χ2v) is 7.61. The van der Waals surface area contributed by atoms with Gasteiger partial charge in [-0.05, 0) is 43.4 Å². The molecule has 0 saturated carbocycles. The molecule has 0 atom stereocenters. The van der Waals surface area contributed by atoms with Crippen LogP contribution in [0.5, 0.6) is 5.75 Å². The van der Waals surface area contributed by atoms with Gasteiger partial charge in [-0.3, -0.25) is 19.7 Å². The zero-order valence-electron chi connectivity index (χ0n) is 15.7. The summed E-state index contributed by atoms with van der Waals surface area (Å²) in [5.74, 6) is -0.282. The predicted molar refractivity (Wildman–Crippen MR) is 111 cm³/mol. The normalized spacial score (nSPS) is 12.6. The average Bonchev–Trinajstić information content (AvgIpc) is 3.08. The quantitative estimate of drug-likeness (QED) is 0.390. The van der Waals surface area contributed by atoms with Gasteiger partial charge in [-0.2, -0.15) is 0 Å². The number of nitro benzene ring substituents is 1. The molecule has 0 spiro atoms. The largest absolute Gasteiger partial charge is 0.484 e. The number of fused-ring (bicyclic) bond motifs is 1. The van der Waals surface area contributed by atoms with E-state index in [1.54, 1.807) is 6.08 Å². The SMILES string of the molecule is C=CCNC(=O)c1c(NC(=O)COc2ccc([N+](=O)[O-])cc2)sc2c1CCCC2. The molecule has 1 aromatic carbocycles. The van der Waals surface area contributed by atoms with Crippen LogP contribution >= 0.6 is 11.3 Å². The van der Waals surface area contributed by atoms with Gasteiger partial charge in [0.05, 0.1) is 10.5 Å². The van der Waals surface area contributed by atoms with E-state index in [-0.39, 0.29) is 18.2 Å². The number of nitrogens with zero attached hydrogens (tertiary/aromatic N) is 1. The Morgan fingerprint density at radius 2 is 1.97 bits per heavy atom. The van der Waals surface area contributed by atoms with Crippen molar-refractivity contribution in [2.75, 3.05) is 18.5 Å². The third kappa shape index (κ3) is 5.00. The van der Waals surface area contributed by atoms with Crippen molar-refractivity contribution in [2.45, 2.75) is 25.7 Å². The van der Waals surface area contributed by atoms with Gasteiger partial charge < -0.3 is 15.4 Å². The van der Waals surface area contributed by atoms with Crippen LogP contribution in [0.25, 0.3) is 0 Å². The standard InChI is InChI=1S/C20H21N3O5S/c1-2-11-21-19(25)18-15-5-3-4-6-16(15)29-20(18)22-17(24)12-28-14-9-7-13(8-10-14)23(26)27/h2,7-10H,1,3-6,11-12H2,(H,21,25)(H,22,24). The molecular weight excluding hydrogens is 394 g/mol. The molecule has 2 N–H and O–H groups in total. The van der Waals surface area contributed by atoms with E-state index in [1.165, 1.54) is 35.6 Å². The molecule has 0 saturated heterocycles. The molecule has 8 nitrogen and oxygen atoms in total. The number of nitro groups is 1. The number of hydrogen-bond donors (Lipinski definition) is 2. The lowest BCUT2D eigenvalue weighted by atomic mass is 9.95. The summed E-state index contributed by atoms with van der Waals surface area (Å²) in [6.07, 6.45) is 5.40. The van der Waals surface area contributed by atoms with Crippen LogP contribution in [0.1, 0.15) is 33.6 Å². The van der Waals surface area contributed by atoms with Crippen LogP contribution in [0.3, 0.4) is 0 Å². The lowest BCUT2D eigenvalue weighted by Gasteiger charge is -2.13. The fraction of sp³-hybridized carbons (Fsp3) is 0.300. The van der Waals surface area contributed by atoms with Crippen LogP contribution in [-0.2, 0) is 17.6 Å². The van der Waals surface area contributed by atoms with Crippen molar-refractivity contribution < 1.29 is 19.2 Å². The Labute approximate surface area is 171 Å². The molecule has 1 aliphatic carbocycles. The number of non-ortho nitro benzene ring substituents is 1.